The molecule has 0 fully saturated rings. The van der Waals surface area contributed by atoms with Crippen LogP contribution < -0.4 is 0 Å². The van der Waals surface area contributed by atoms with Crippen LogP contribution in [0.4, 0.5) is 0 Å². The fourth-order valence-electron chi connectivity index (χ4n) is 2.65. The summed E-state index contributed by atoms with van der Waals surface area (Å²) in [4.78, 5) is 16.6. The average molecular weight is 389 g/mol. The first-order valence-electron chi connectivity index (χ1n) is 8.76. The SMILES string of the molecule is CCCc1noc(C(C)OC(=O)c2ccc(-n3nc(C)c(Cl)c3C)cc2)n1. The van der Waals surface area contributed by atoms with Crippen molar-refractivity contribution in [3.8, 4) is 5.69 Å². The smallest absolute Gasteiger partial charge is 0.338 e. The summed E-state index contributed by atoms with van der Waals surface area (Å²) in [6.07, 6.45) is 1.02. The zero-order chi connectivity index (χ0) is 19.6. The van der Waals surface area contributed by atoms with Gasteiger partial charge in [-0.05, 0) is 51.5 Å². The van der Waals surface area contributed by atoms with Crippen LogP contribution in [0.1, 0.15) is 59.8 Å². The molecular formula is C19H21ClN4O3. The van der Waals surface area contributed by atoms with E-state index >= 15 is 0 Å². The minimum Gasteiger partial charge on any atom is -0.449 e. The summed E-state index contributed by atoms with van der Waals surface area (Å²) >= 11 is 6.19. The zero-order valence-corrected chi connectivity index (χ0v) is 16.4. The average Bonchev–Trinajstić information content (AvgIpc) is 3.23. The molecule has 1 aromatic carbocycles. The number of benzene rings is 1. The normalized spacial score (nSPS) is 12.2. The van der Waals surface area contributed by atoms with E-state index in [2.05, 4.69) is 15.2 Å². The van der Waals surface area contributed by atoms with Gasteiger partial charge in [0.25, 0.3) is 5.89 Å². The van der Waals surface area contributed by atoms with E-state index in [4.69, 9.17) is 20.9 Å². The second-order valence-electron chi connectivity index (χ2n) is 6.29. The van der Waals surface area contributed by atoms with Gasteiger partial charge in [-0.25, -0.2) is 9.48 Å². The summed E-state index contributed by atoms with van der Waals surface area (Å²) in [5.41, 5.74) is 2.84. The Morgan fingerprint density at radius 1 is 1.30 bits per heavy atom. The standard InChI is InChI=1S/C19H21ClN4O3/c1-5-6-16-21-18(27-23-16)13(4)26-19(25)14-7-9-15(10-8-14)24-12(3)17(20)11(2)22-24/h7-10,13H,5-6H2,1-4H3. The van der Waals surface area contributed by atoms with Crippen LogP contribution in [0.5, 0.6) is 0 Å². The molecular weight excluding hydrogens is 368 g/mol. The lowest BCUT2D eigenvalue weighted by Crippen LogP contribution is -2.10. The Kier molecular flexibility index (Phi) is 5.60. The molecule has 0 aliphatic rings. The van der Waals surface area contributed by atoms with Crippen LogP contribution in [0.3, 0.4) is 0 Å². The summed E-state index contributed by atoms with van der Waals surface area (Å²) in [6.45, 7) is 7.47. The van der Waals surface area contributed by atoms with Crippen LogP contribution in [-0.2, 0) is 11.2 Å². The third-order valence-corrected chi connectivity index (χ3v) is 4.69. The van der Waals surface area contributed by atoms with Crippen molar-refractivity contribution < 1.29 is 14.1 Å². The lowest BCUT2D eigenvalue weighted by Gasteiger charge is -2.10. The van der Waals surface area contributed by atoms with Crippen molar-refractivity contribution in [1.29, 1.82) is 0 Å². The number of hydrogen-bond donors (Lipinski definition) is 0. The number of halogens is 1. The molecule has 0 aliphatic carbocycles. The van der Waals surface area contributed by atoms with E-state index in [1.54, 1.807) is 35.9 Å². The fraction of sp³-hybridized carbons (Fsp3) is 0.368. The van der Waals surface area contributed by atoms with Gasteiger partial charge in [-0.3, -0.25) is 0 Å². The Morgan fingerprint density at radius 3 is 2.59 bits per heavy atom. The Morgan fingerprint density at radius 2 is 2.00 bits per heavy atom. The van der Waals surface area contributed by atoms with Crippen molar-refractivity contribution in [1.82, 2.24) is 19.9 Å². The topological polar surface area (TPSA) is 83.0 Å². The van der Waals surface area contributed by atoms with Gasteiger partial charge in [-0.2, -0.15) is 10.1 Å². The Bertz CT molecular complexity index is 947. The molecule has 0 saturated heterocycles. The first-order chi connectivity index (χ1) is 12.9. The highest BCUT2D eigenvalue weighted by molar-refractivity contribution is 6.31. The minimum atomic E-state index is -0.620. The fourth-order valence-corrected chi connectivity index (χ4v) is 2.77. The third-order valence-electron chi connectivity index (χ3n) is 4.14. The van der Waals surface area contributed by atoms with E-state index in [0.717, 1.165) is 29.9 Å². The van der Waals surface area contributed by atoms with E-state index in [9.17, 15) is 4.79 Å². The molecule has 0 amide bonds. The van der Waals surface area contributed by atoms with Gasteiger partial charge in [0.05, 0.1) is 27.7 Å². The van der Waals surface area contributed by atoms with Crippen molar-refractivity contribution in [3.63, 3.8) is 0 Å². The maximum Gasteiger partial charge on any atom is 0.338 e. The molecule has 0 spiro atoms. The van der Waals surface area contributed by atoms with E-state index in [1.807, 2.05) is 20.8 Å². The van der Waals surface area contributed by atoms with Crippen molar-refractivity contribution >= 4 is 17.6 Å². The van der Waals surface area contributed by atoms with E-state index in [1.165, 1.54) is 0 Å². The molecule has 2 heterocycles. The molecule has 1 atom stereocenters. The summed E-state index contributed by atoms with van der Waals surface area (Å²) in [6, 6.07) is 6.96. The van der Waals surface area contributed by atoms with Crippen LogP contribution in [0.2, 0.25) is 5.02 Å². The van der Waals surface area contributed by atoms with Gasteiger partial charge in [0.2, 0.25) is 0 Å². The maximum atomic E-state index is 12.4. The number of carbonyl (C=O) groups excluding carboxylic acids is 1. The molecule has 2 aromatic heterocycles. The molecule has 0 bridgehead atoms. The summed E-state index contributed by atoms with van der Waals surface area (Å²) in [5, 5.41) is 8.91. The van der Waals surface area contributed by atoms with Crippen molar-refractivity contribution in [2.24, 2.45) is 0 Å². The molecule has 3 rings (SSSR count). The molecule has 0 N–H and O–H groups in total. The van der Waals surface area contributed by atoms with Crippen molar-refractivity contribution in [2.45, 2.75) is 46.6 Å². The van der Waals surface area contributed by atoms with Gasteiger partial charge in [-0.15, -0.1) is 0 Å². The molecule has 7 nitrogen and oxygen atoms in total. The number of ether oxygens (including phenoxy) is 1. The van der Waals surface area contributed by atoms with Crippen molar-refractivity contribution in [2.75, 3.05) is 0 Å². The zero-order valence-electron chi connectivity index (χ0n) is 15.7. The predicted octanol–water partition coefficient (Wildman–Crippen LogP) is 4.40. The van der Waals surface area contributed by atoms with Gasteiger partial charge < -0.3 is 9.26 Å². The van der Waals surface area contributed by atoms with Crippen LogP contribution in [0.25, 0.3) is 5.69 Å². The van der Waals surface area contributed by atoms with Crippen LogP contribution in [0.15, 0.2) is 28.8 Å². The molecule has 0 saturated carbocycles. The first kappa shape index (κ1) is 19.1. The van der Waals surface area contributed by atoms with E-state index in [-0.39, 0.29) is 0 Å². The molecule has 27 heavy (non-hydrogen) atoms. The molecule has 3 aromatic rings. The quantitative estimate of drug-likeness (QED) is 0.582. The molecule has 142 valence electrons. The summed E-state index contributed by atoms with van der Waals surface area (Å²) < 4.78 is 12.3. The van der Waals surface area contributed by atoms with Gasteiger partial charge in [0, 0.05) is 6.42 Å². The molecule has 8 heteroatoms. The highest BCUT2D eigenvalue weighted by atomic mass is 35.5. The third kappa shape index (κ3) is 4.03. The second-order valence-corrected chi connectivity index (χ2v) is 6.67. The van der Waals surface area contributed by atoms with E-state index in [0.29, 0.717) is 22.3 Å². The Balaban J connectivity index is 1.70. The summed E-state index contributed by atoms with van der Waals surface area (Å²) in [7, 11) is 0. The highest BCUT2D eigenvalue weighted by Gasteiger charge is 2.20. The number of aryl methyl sites for hydroxylation is 2. The number of rotatable bonds is 6. The predicted molar refractivity (Wildman–Crippen MR) is 100 cm³/mol. The van der Waals surface area contributed by atoms with Crippen molar-refractivity contribution in [3.05, 3.63) is 58.0 Å². The Hall–Kier alpha value is -2.67. The van der Waals surface area contributed by atoms with Gasteiger partial charge in [-0.1, -0.05) is 23.7 Å². The lowest BCUT2D eigenvalue weighted by molar-refractivity contribution is 0.0265. The van der Waals surface area contributed by atoms with Gasteiger partial charge in [0.1, 0.15) is 0 Å². The first-order valence-corrected chi connectivity index (χ1v) is 9.14. The van der Waals surface area contributed by atoms with E-state index < -0.39 is 12.1 Å². The molecule has 1 unspecified atom stereocenters. The minimum absolute atomic E-state index is 0.292. The second kappa shape index (κ2) is 7.92. The van der Waals surface area contributed by atoms with Crippen LogP contribution in [-0.4, -0.2) is 25.9 Å². The number of hydrogen-bond acceptors (Lipinski definition) is 6. The summed E-state index contributed by atoms with van der Waals surface area (Å²) in [5.74, 6) is 0.444. The van der Waals surface area contributed by atoms with Crippen LogP contribution >= 0.6 is 11.6 Å². The van der Waals surface area contributed by atoms with Gasteiger partial charge >= 0.3 is 5.97 Å². The molecule has 0 radical (unpaired) electrons. The number of esters is 1. The number of nitrogens with zero attached hydrogens (tertiary/aromatic N) is 4. The lowest BCUT2D eigenvalue weighted by atomic mass is 10.2. The molecule has 0 aliphatic heterocycles. The number of aromatic nitrogens is 4. The van der Waals surface area contributed by atoms with Crippen LogP contribution in [0, 0.1) is 13.8 Å². The number of carbonyl (C=O) groups is 1. The maximum absolute atomic E-state index is 12.4. The van der Waals surface area contributed by atoms with Gasteiger partial charge in [0.15, 0.2) is 11.9 Å². The largest absolute Gasteiger partial charge is 0.449 e. The Labute approximate surface area is 162 Å². The highest BCUT2D eigenvalue weighted by Crippen LogP contribution is 2.23. The monoisotopic (exact) mass is 388 g/mol.